The highest BCUT2D eigenvalue weighted by Gasteiger charge is 2.21. The molecule has 0 saturated carbocycles. The van der Waals surface area contributed by atoms with Gasteiger partial charge in [-0.15, -0.1) is 0 Å². The van der Waals surface area contributed by atoms with Crippen molar-refractivity contribution in [1.29, 1.82) is 0 Å². The average molecular weight is 740 g/mol. The molecule has 0 atom stereocenters. The first-order chi connectivity index (χ1) is 27.5. The van der Waals surface area contributed by atoms with Gasteiger partial charge in [-0.25, -0.2) is 4.98 Å². The lowest BCUT2D eigenvalue weighted by Crippen LogP contribution is -2.12. The van der Waals surface area contributed by atoms with Crippen LogP contribution in [0.2, 0.25) is 0 Å². The maximum Gasteiger partial charge on any atom is 0.0736 e. The molecule has 280 valence electrons. The van der Waals surface area contributed by atoms with Gasteiger partial charge in [0, 0.05) is 34.3 Å². The molecule has 0 aliphatic heterocycles. The van der Waals surface area contributed by atoms with Crippen LogP contribution >= 0.6 is 0 Å². The Balaban J connectivity index is 1.30. The van der Waals surface area contributed by atoms with Crippen LogP contribution < -0.4 is 5.32 Å². The lowest BCUT2D eigenvalue weighted by molar-refractivity contribution is 0.590. The fourth-order valence-electron chi connectivity index (χ4n) is 7.30. The number of hydrogen-bond acceptors (Lipinski definition) is 3. The minimum atomic E-state index is -0.0710. The van der Waals surface area contributed by atoms with Gasteiger partial charge in [0.2, 0.25) is 0 Å². The highest BCUT2D eigenvalue weighted by molar-refractivity contribution is 5.89. The van der Waals surface area contributed by atoms with Gasteiger partial charge in [0.25, 0.3) is 0 Å². The number of benzene rings is 6. The minimum absolute atomic E-state index is 0.0418. The summed E-state index contributed by atoms with van der Waals surface area (Å²) < 4.78 is 0. The zero-order valence-corrected chi connectivity index (χ0v) is 33.7. The lowest BCUT2D eigenvalue weighted by atomic mass is 9.84. The van der Waals surface area contributed by atoms with Crippen LogP contribution in [0, 0.1) is 0 Å². The Kier molecular flexibility index (Phi) is 10.2. The number of hydrogen-bond donors (Lipinski definition) is 1. The first-order valence-corrected chi connectivity index (χ1v) is 19.8. The SMILES string of the molecule is CC(C)(C)c1ccc(Nc2ccc(C(C)(C)C)cc2-c2cc(-c3ccccc3)cc(-c3cccc(-c4ccccc4)c3)n2)c(-c2cc(-c3ccccc3)ccn2)c1. The molecule has 8 aromatic rings. The van der Waals surface area contributed by atoms with E-state index in [1.165, 1.54) is 16.7 Å². The van der Waals surface area contributed by atoms with Crippen LogP contribution in [-0.2, 0) is 10.8 Å². The summed E-state index contributed by atoms with van der Waals surface area (Å²) in [6.45, 7) is 13.6. The van der Waals surface area contributed by atoms with E-state index in [1.54, 1.807) is 0 Å². The Bertz CT molecular complexity index is 2650. The smallest absolute Gasteiger partial charge is 0.0736 e. The Morgan fingerprint density at radius 1 is 0.351 bits per heavy atom. The molecule has 3 heteroatoms. The van der Waals surface area contributed by atoms with E-state index in [0.29, 0.717) is 0 Å². The first-order valence-electron chi connectivity index (χ1n) is 19.8. The van der Waals surface area contributed by atoms with E-state index in [1.807, 2.05) is 6.20 Å². The van der Waals surface area contributed by atoms with Crippen LogP contribution in [-0.4, -0.2) is 9.97 Å². The monoisotopic (exact) mass is 739 g/mol. The van der Waals surface area contributed by atoms with Crippen molar-refractivity contribution in [3.63, 3.8) is 0 Å². The van der Waals surface area contributed by atoms with Gasteiger partial charge in [0.15, 0.2) is 0 Å². The molecule has 0 saturated heterocycles. The molecule has 2 heterocycles. The summed E-state index contributed by atoms with van der Waals surface area (Å²) in [6.07, 6.45) is 1.92. The Morgan fingerprint density at radius 2 is 0.789 bits per heavy atom. The van der Waals surface area contributed by atoms with E-state index < -0.39 is 0 Å². The predicted octanol–water partition coefficient (Wildman–Crippen LogP) is 14.8. The van der Waals surface area contributed by atoms with Crippen LogP contribution in [0.25, 0.3) is 67.2 Å². The molecule has 0 fully saturated rings. The molecule has 0 aliphatic carbocycles. The van der Waals surface area contributed by atoms with Crippen molar-refractivity contribution < 1.29 is 0 Å². The number of nitrogens with zero attached hydrogens (tertiary/aromatic N) is 2. The van der Waals surface area contributed by atoms with Crippen molar-refractivity contribution >= 4 is 11.4 Å². The van der Waals surface area contributed by atoms with Crippen molar-refractivity contribution in [3.8, 4) is 67.2 Å². The molecule has 0 radical (unpaired) electrons. The van der Waals surface area contributed by atoms with Gasteiger partial charge in [-0.3, -0.25) is 4.98 Å². The molecule has 3 nitrogen and oxygen atoms in total. The number of pyridine rings is 2. The molecule has 8 rings (SSSR count). The Hall–Kier alpha value is -6.58. The highest BCUT2D eigenvalue weighted by atomic mass is 14.9. The van der Waals surface area contributed by atoms with E-state index >= 15 is 0 Å². The lowest BCUT2D eigenvalue weighted by Gasteiger charge is -2.24. The van der Waals surface area contributed by atoms with Gasteiger partial charge in [-0.2, -0.15) is 0 Å². The Labute approximate surface area is 338 Å². The van der Waals surface area contributed by atoms with Crippen molar-refractivity contribution in [1.82, 2.24) is 9.97 Å². The molecule has 2 aromatic heterocycles. The molecule has 6 aromatic carbocycles. The van der Waals surface area contributed by atoms with Gasteiger partial charge >= 0.3 is 0 Å². The zero-order valence-electron chi connectivity index (χ0n) is 33.7. The third-order valence-corrected chi connectivity index (χ3v) is 10.7. The van der Waals surface area contributed by atoms with Crippen molar-refractivity contribution in [3.05, 3.63) is 193 Å². The van der Waals surface area contributed by atoms with E-state index in [9.17, 15) is 0 Å². The van der Waals surface area contributed by atoms with Crippen LogP contribution in [0.3, 0.4) is 0 Å². The number of nitrogens with one attached hydrogen (secondary N) is 1. The normalized spacial score (nSPS) is 11.7. The summed E-state index contributed by atoms with van der Waals surface area (Å²) in [6, 6.07) is 62.7. The maximum atomic E-state index is 5.48. The largest absolute Gasteiger partial charge is 0.354 e. The second kappa shape index (κ2) is 15.5. The maximum absolute atomic E-state index is 5.48. The van der Waals surface area contributed by atoms with Crippen LogP contribution in [0.5, 0.6) is 0 Å². The zero-order chi connectivity index (χ0) is 39.6. The molecule has 0 aliphatic rings. The third-order valence-electron chi connectivity index (χ3n) is 10.7. The van der Waals surface area contributed by atoms with E-state index in [4.69, 9.17) is 9.97 Å². The van der Waals surface area contributed by atoms with Crippen LogP contribution in [0.1, 0.15) is 52.7 Å². The number of aromatic nitrogens is 2. The fraction of sp³-hybridized carbons (Fsp3) is 0.148. The molecular weight excluding hydrogens is 691 g/mol. The molecule has 57 heavy (non-hydrogen) atoms. The molecule has 1 N–H and O–H groups in total. The van der Waals surface area contributed by atoms with Gasteiger partial charge in [0.1, 0.15) is 0 Å². The molecule has 0 bridgehead atoms. The van der Waals surface area contributed by atoms with E-state index in [0.717, 1.165) is 73.0 Å². The van der Waals surface area contributed by atoms with E-state index in [-0.39, 0.29) is 10.8 Å². The quantitative estimate of drug-likeness (QED) is 0.169. The highest BCUT2D eigenvalue weighted by Crippen LogP contribution is 2.41. The summed E-state index contributed by atoms with van der Waals surface area (Å²) in [4.78, 5) is 10.4. The summed E-state index contributed by atoms with van der Waals surface area (Å²) >= 11 is 0. The predicted molar refractivity (Wildman–Crippen MR) is 242 cm³/mol. The second-order valence-electron chi connectivity index (χ2n) is 16.9. The molecule has 0 unspecified atom stereocenters. The van der Waals surface area contributed by atoms with Crippen molar-refractivity contribution in [2.24, 2.45) is 0 Å². The van der Waals surface area contributed by atoms with E-state index in [2.05, 4.69) is 223 Å². The van der Waals surface area contributed by atoms with Crippen LogP contribution in [0.4, 0.5) is 11.4 Å². The number of rotatable bonds is 8. The molecular formula is C54H49N3. The standard InChI is InChI=1S/C54H49N3/c1-53(2,3)44-25-27-48(46(35-44)51-32-41(29-30-55-51)38-19-12-8-13-20-38)56-49-28-26-45(54(4,5)6)36-47(49)52-34-43(39-21-14-9-15-22-39)33-50(57-52)42-24-16-23-40(31-42)37-17-10-7-11-18-37/h7-36,56H,1-6H3. The van der Waals surface area contributed by atoms with Gasteiger partial charge in [-0.05, 0) is 110 Å². The topological polar surface area (TPSA) is 37.8 Å². The number of anilines is 2. The van der Waals surface area contributed by atoms with Gasteiger partial charge < -0.3 is 5.32 Å². The fourth-order valence-corrected chi connectivity index (χ4v) is 7.30. The Morgan fingerprint density at radius 3 is 1.33 bits per heavy atom. The minimum Gasteiger partial charge on any atom is -0.354 e. The summed E-state index contributed by atoms with van der Waals surface area (Å²) in [5.74, 6) is 0. The second-order valence-corrected chi connectivity index (χ2v) is 16.9. The third kappa shape index (κ3) is 8.34. The summed E-state index contributed by atoms with van der Waals surface area (Å²) in [7, 11) is 0. The van der Waals surface area contributed by atoms with Crippen LogP contribution in [0.15, 0.2) is 182 Å². The molecule has 0 spiro atoms. The summed E-state index contributed by atoms with van der Waals surface area (Å²) in [5.41, 5.74) is 17.2. The molecule has 0 amide bonds. The van der Waals surface area contributed by atoms with Crippen molar-refractivity contribution in [2.75, 3.05) is 5.32 Å². The van der Waals surface area contributed by atoms with Gasteiger partial charge in [-0.1, -0.05) is 163 Å². The summed E-state index contributed by atoms with van der Waals surface area (Å²) in [5, 5.41) is 3.92. The van der Waals surface area contributed by atoms with Crippen molar-refractivity contribution in [2.45, 2.75) is 52.4 Å². The first kappa shape index (κ1) is 37.3. The van der Waals surface area contributed by atoms with Gasteiger partial charge in [0.05, 0.1) is 17.1 Å². The average Bonchev–Trinajstić information content (AvgIpc) is 3.24.